The van der Waals surface area contributed by atoms with Crippen molar-refractivity contribution in [3.05, 3.63) is 95.6 Å². The number of benzene rings is 3. The minimum Gasteiger partial charge on any atom is -0.496 e. The molecule has 6 nitrogen and oxygen atoms in total. The summed E-state index contributed by atoms with van der Waals surface area (Å²) in [7, 11) is -2.17. The fraction of sp³-hybridized carbons (Fsp3) is 0.208. The van der Waals surface area contributed by atoms with Crippen molar-refractivity contribution in [2.75, 3.05) is 7.11 Å². The number of sulfonamides is 1. The molecule has 7 heteroatoms. The van der Waals surface area contributed by atoms with Crippen LogP contribution in [0, 0.1) is 0 Å². The highest BCUT2D eigenvalue weighted by Gasteiger charge is 2.20. The van der Waals surface area contributed by atoms with Crippen LogP contribution in [-0.2, 0) is 16.6 Å². The Bertz CT molecular complexity index is 1130. The van der Waals surface area contributed by atoms with Crippen molar-refractivity contribution in [1.29, 1.82) is 0 Å². The number of carbonyl (C=O) groups excluding carboxylic acids is 1. The van der Waals surface area contributed by atoms with E-state index in [4.69, 9.17) is 4.74 Å². The summed E-state index contributed by atoms with van der Waals surface area (Å²) in [5.74, 6) is 0.342. The molecule has 0 aliphatic carbocycles. The first-order chi connectivity index (χ1) is 14.9. The summed E-state index contributed by atoms with van der Waals surface area (Å²) in [6.07, 6.45) is 0.655. The summed E-state index contributed by atoms with van der Waals surface area (Å²) >= 11 is 0. The second kappa shape index (κ2) is 10.2. The number of hydrogen-bond donors (Lipinski definition) is 2. The number of amides is 1. The first-order valence-corrected chi connectivity index (χ1v) is 11.5. The molecule has 0 aliphatic heterocycles. The van der Waals surface area contributed by atoms with Gasteiger partial charge in [-0.1, -0.05) is 61.5 Å². The molecule has 0 aromatic heterocycles. The molecule has 1 atom stereocenters. The minimum absolute atomic E-state index is 0.0430. The normalized spacial score (nSPS) is 12.2. The van der Waals surface area contributed by atoms with Crippen LogP contribution in [0.4, 0.5) is 0 Å². The molecule has 0 heterocycles. The molecule has 31 heavy (non-hydrogen) atoms. The predicted octanol–water partition coefficient (Wildman–Crippen LogP) is 4.05. The van der Waals surface area contributed by atoms with Crippen LogP contribution in [0.15, 0.2) is 83.8 Å². The maximum absolute atomic E-state index is 12.9. The average molecular weight is 439 g/mol. The molecule has 3 aromatic carbocycles. The van der Waals surface area contributed by atoms with Crippen molar-refractivity contribution < 1.29 is 17.9 Å². The maximum atomic E-state index is 12.9. The van der Waals surface area contributed by atoms with E-state index in [1.54, 1.807) is 19.2 Å². The largest absolute Gasteiger partial charge is 0.496 e. The summed E-state index contributed by atoms with van der Waals surface area (Å²) in [5, 5.41) is 2.98. The second-order valence-electron chi connectivity index (χ2n) is 7.01. The third-order valence-corrected chi connectivity index (χ3v) is 6.34. The molecule has 0 saturated heterocycles. The Morgan fingerprint density at radius 3 is 2.39 bits per heavy atom. The van der Waals surface area contributed by atoms with Gasteiger partial charge in [0.2, 0.25) is 10.0 Å². The van der Waals surface area contributed by atoms with Crippen LogP contribution < -0.4 is 14.8 Å². The van der Waals surface area contributed by atoms with Crippen LogP contribution in [0.2, 0.25) is 0 Å². The Kier molecular flexibility index (Phi) is 7.44. The molecule has 3 aromatic rings. The van der Waals surface area contributed by atoms with Crippen LogP contribution in [0.5, 0.6) is 5.75 Å². The zero-order valence-corrected chi connectivity index (χ0v) is 18.4. The molecule has 162 valence electrons. The van der Waals surface area contributed by atoms with Gasteiger partial charge in [0.15, 0.2) is 0 Å². The Labute approximate surface area is 183 Å². The van der Waals surface area contributed by atoms with E-state index in [-0.39, 0.29) is 29.0 Å². The number of nitrogens with one attached hydrogen (secondary N) is 2. The first-order valence-electron chi connectivity index (χ1n) is 10.0. The summed E-state index contributed by atoms with van der Waals surface area (Å²) in [4.78, 5) is 12.9. The third-order valence-electron chi connectivity index (χ3n) is 4.94. The Morgan fingerprint density at radius 1 is 0.968 bits per heavy atom. The lowest BCUT2D eigenvalue weighted by Crippen LogP contribution is -2.29. The fourth-order valence-electron chi connectivity index (χ4n) is 3.26. The zero-order chi connectivity index (χ0) is 22.3. The van der Waals surface area contributed by atoms with Crippen molar-refractivity contribution in [1.82, 2.24) is 10.0 Å². The highest BCUT2D eigenvalue weighted by atomic mass is 32.2. The summed E-state index contributed by atoms with van der Waals surface area (Å²) < 4.78 is 33.4. The molecular weight excluding hydrogens is 412 g/mol. The van der Waals surface area contributed by atoms with Crippen molar-refractivity contribution in [3.63, 3.8) is 0 Å². The van der Waals surface area contributed by atoms with Crippen LogP contribution >= 0.6 is 0 Å². The van der Waals surface area contributed by atoms with Crippen LogP contribution in [0.1, 0.15) is 40.9 Å². The monoisotopic (exact) mass is 438 g/mol. The van der Waals surface area contributed by atoms with Gasteiger partial charge in [0, 0.05) is 17.7 Å². The van der Waals surface area contributed by atoms with E-state index < -0.39 is 10.0 Å². The predicted molar refractivity (Wildman–Crippen MR) is 120 cm³/mol. The number of carbonyl (C=O) groups is 1. The number of para-hydroxylation sites is 1. The summed E-state index contributed by atoms with van der Waals surface area (Å²) in [6, 6.07) is 22.5. The first kappa shape index (κ1) is 22.5. The van der Waals surface area contributed by atoms with Gasteiger partial charge in [-0.15, -0.1) is 0 Å². The summed E-state index contributed by atoms with van der Waals surface area (Å²) in [5.41, 5.74) is 1.99. The third kappa shape index (κ3) is 5.71. The minimum atomic E-state index is -3.76. The molecule has 1 amide bonds. The topological polar surface area (TPSA) is 84.5 Å². The van der Waals surface area contributed by atoms with Crippen molar-refractivity contribution in [2.45, 2.75) is 30.8 Å². The molecule has 3 rings (SSSR count). The lowest BCUT2D eigenvalue weighted by atomic mass is 10.0. The van der Waals surface area contributed by atoms with Gasteiger partial charge in [0.25, 0.3) is 5.91 Å². The Balaban J connectivity index is 1.76. The number of ether oxygens (including phenoxy) is 1. The molecule has 2 N–H and O–H groups in total. The molecular formula is C24H26N2O4S. The zero-order valence-electron chi connectivity index (χ0n) is 17.5. The van der Waals surface area contributed by atoms with Gasteiger partial charge in [0.1, 0.15) is 5.75 Å². The van der Waals surface area contributed by atoms with Crippen molar-refractivity contribution in [3.8, 4) is 5.75 Å². The SMILES string of the molecule is CCC(NC(=O)c1cccc(S(=O)(=O)NCc2ccccc2)c1)c1ccccc1OC. The van der Waals surface area contributed by atoms with E-state index in [1.165, 1.54) is 12.1 Å². The van der Waals surface area contributed by atoms with Crippen LogP contribution in [-0.4, -0.2) is 21.4 Å². The molecule has 0 bridgehead atoms. The van der Waals surface area contributed by atoms with E-state index in [0.29, 0.717) is 12.2 Å². The molecule has 0 spiro atoms. The molecule has 0 aliphatic rings. The quantitative estimate of drug-likeness (QED) is 0.528. The van der Waals surface area contributed by atoms with Gasteiger partial charge < -0.3 is 10.1 Å². The summed E-state index contributed by atoms with van der Waals surface area (Å²) in [6.45, 7) is 2.14. The smallest absolute Gasteiger partial charge is 0.251 e. The fourth-order valence-corrected chi connectivity index (χ4v) is 4.32. The number of rotatable bonds is 9. The maximum Gasteiger partial charge on any atom is 0.251 e. The van der Waals surface area contributed by atoms with E-state index in [1.807, 2.05) is 61.5 Å². The van der Waals surface area contributed by atoms with Gasteiger partial charge in [0.05, 0.1) is 18.0 Å². The Morgan fingerprint density at radius 2 is 1.68 bits per heavy atom. The molecule has 0 radical (unpaired) electrons. The number of methoxy groups -OCH3 is 1. The van der Waals surface area contributed by atoms with Crippen LogP contribution in [0.3, 0.4) is 0 Å². The lowest BCUT2D eigenvalue weighted by Gasteiger charge is -2.20. The van der Waals surface area contributed by atoms with E-state index in [2.05, 4.69) is 10.0 Å². The lowest BCUT2D eigenvalue weighted by molar-refractivity contribution is 0.0935. The van der Waals surface area contributed by atoms with Crippen molar-refractivity contribution in [2.24, 2.45) is 0 Å². The van der Waals surface area contributed by atoms with Crippen LogP contribution in [0.25, 0.3) is 0 Å². The standard InChI is InChI=1S/C24H26N2O4S/c1-3-22(21-14-7-8-15-23(21)30-2)26-24(27)19-12-9-13-20(16-19)31(28,29)25-17-18-10-5-4-6-11-18/h4-16,22,25H,3,17H2,1-2H3,(H,26,27). The average Bonchev–Trinajstić information content (AvgIpc) is 2.82. The van der Waals surface area contributed by atoms with Gasteiger partial charge in [-0.25, -0.2) is 13.1 Å². The molecule has 0 saturated carbocycles. The van der Waals surface area contributed by atoms with E-state index in [9.17, 15) is 13.2 Å². The number of hydrogen-bond acceptors (Lipinski definition) is 4. The van der Waals surface area contributed by atoms with Gasteiger partial charge in [-0.3, -0.25) is 4.79 Å². The molecule has 0 fully saturated rings. The molecule has 1 unspecified atom stereocenters. The Hall–Kier alpha value is -3.16. The van der Waals surface area contributed by atoms with Gasteiger partial charge in [-0.05, 0) is 36.2 Å². The highest BCUT2D eigenvalue weighted by Crippen LogP contribution is 2.27. The van der Waals surface area contributed by atoms with Crippen molar-refractivity contribution >= 4 is 15.9 Å². The highest BCUT2D eigenvalue weighted by molar-refractivity contribution is 7.89. The van der Waals surface area contributed by atoms with E-state index >= 15 is 0 Å². The van der Waals surface area contributed by atoms with Gasteiger partial charge in [-0.2, -0.15) is 0 Å². The second-order valence-corrected chi connectivity index (χ2v) is 8.78. The van der Waals surface area contributed by atoms with E-state index in [0.717, 1.165) is 11.1 Å². The van der Waals surface area contributed by atoms with Gasteiger partial charge >= 0.3 is 0 Å².